The summed E-state index contributed by atoms with van der Waals surface area (Å²) in [4.78, 5) is 27.9. The minimum Gasteiger partial charge on any atom is -0.497 e. The predicted molar refractivity (Wildman–Crippen MR) is 124 cm³/mol. The fraction of sp³-hybridized carbons (Fsp3) is 0.615. The summed E-state index contributed by atoms with van der Waals surface area (Å²) < 4.78 is 33.8. The maximum absolute atomic E-state index is 13.4. The average molecular weight is 488 g/mol. The fourth-order valence-corrected chi connectivity index (χ4v) is 6.05. The first-order valence-electron chi connectivity index (χ1n) is 12.2. The zero-order valence-electron chi connectivity index (χ0n) is 20.7. The van der Waals surface area contributed by atoms with Gasteiger partial charge in [0.25, 0.3) is 0 Å². The van der Waals surface area contributed by atoms with Crippen LogP contribution in [0.2, 0.25) is 0 Å². The smallest absolute Gasteiger partial charge is 0.336 e. The third-order valence-corrected chi connectivity index (χ3v) is 7.49. The third-order valence-electron chi connectivity index (χ3n) is 7.49. The van der Waals surface area contributed by atoms with Crippen molar-refractivity contribution in [2.75, 3.05) is 34.1 Å². The van der Waals surface area contributed by atoms with Crippen LogP contribution in [0.5, 0.6) is 11.5 Å². The Labute approximate surface area is 205 Å². The van der Waals surface area contributed by atoms with E-state index in [-0.39, 0.29) is 30.8 Å². The van der Waals surface area contributed by atoms with Gasteiger partial charge in [-0.3, -0.25) is 9.69 Å². The summed E-state index contributed by atoms with van der Waals surface area (Å²) in [6.45, 7) is 5.67. The number of hydrogen-bond donors (Lipinski definition) is 0. The molecule has 1 fully saturated rings. The molecule has 1 aromatic rings. The summed E-state index contributed by atoms with van der Waals surface area (Å²) in [7, 11) is 2.89. The van der Waals surface area contributed by atoms with Crippen LogP contribution in [0, 0.1) is 0 Å². The molecule has 1 aromatic carbocycles. The normalized spacial score (nSPS) is 27.4. The number of hydrogen-bond acceptors (Lipinski definition) is 9. The van der Waals surface area contributed by atoms with Crippen LogP contribution in [0.3, 0.4) is 0 Å². The molecule has 1 spiro atoms. The molecular formula is C26H33NO8. The molecular weight excluding hydrogens is 454 g/mol. The molecule has 9 nitrogen and oxygen atoms in total. The van der Waals surface area contributed by atoms with Gasteiger partial charge < -0.3 is 28.4 Å². The van der Waals surface area contributed by atoms with E-state index in [1.807, 2.05) is 19.9 Å². The molecule has 1 saturated heterocycles. The summed E-state index contributed by atoms with van der Waals surface area (Å²) in [6, 6.07) is 4.09. The Morgan fingerprint density at radius 3 is 2.66 bits per heavy atom. The molecule has 4 aliphatic rings. The Morgan fingerprint density at radius 1 is 1.17 bits per heavy atom. The molecule has 0 radical (unpaired) electrons. The van der Waals surface area contributed by atoms with E-state index in [4.69, 9.17) is 28.4 Å². The molecule has 0 bridgehead atoms. The van der Waals surface area contributed by atoms with Crippen LogP contribution >= 0.6 is 0 Å². The monoisotopic (exact) mass is 487 g/mol. The van der Waals surface area contributed by atoms with E-state index in [1.165, 1.54) is 7.11 Å². The highest BCUT2D eigenvalue weighted by molar-refractivity contribution is 5.82. The van der Waals surface area contributed by atoms with Crippen molar-refractivity contribution in [1.82, 2.24) is 4.90 Å². The molecule has 0 saturated carbocycles. The first-order chi connectivity index (χ1) is 16.9. The van der Waals surface area contributed by atoms with E-state index in [0.29, 0.717) is 11.5 Å². The van der Waals surface area contributed by atoms with Crippen molar-refractivity contribution in [3.8, 4) is 11.5 Å². The zero-order valence-corrected chi connectivity index (χ0v) is 20.7. The Balaban J connectivity index is 1.53. The molecule has 190 valence electrons. The second-order valence-corrected chi connectivity index (χ2v) is 9.78. The lowest BCUT2D eigenvalue weighted by Crippen LogP contribution is -2.48. The first kappa shape index (κ1) is 23.9. The molecule has 4 atom stereocenters. The Morgan fingerprint density at radius 2 is 1.94 bits per heavy atom. The number of methoxy groups -OCH3 is 2. The van der Waals surface area contributed by atoms with Gasteiger partial charge in [-0.2, -0.15) is 0 Å². The molecule has 3 aliphatic heterocycles. The average Bonchev–Trinajstić information content (AvgIpc) is 3.51. The van der Waals surface area contributed by atoms with E-state index in [2.05, 4.69) is 17.0 Å². The van der Waals surface area contributed by atoms with Gasteiger partial charge in [0.15, 0.2) is 23.7 Å². The van der Waals surface area contributed by atoms with E-state index in [9.17, 15) is 9.59 Å². The van der Waals surface area contributed by atoms with Crippen LogP contribution in [0.1, 0.15) is 50.2 Å². The lowest BCUT2D eigenvalue weighted by Gasteiger charge is -2.39. The van der Waals surface area contributed by atoms with Crippen molar-refractivity contribution < 1.29 is 38.0 Å². The molecule has 0 aromatic heterocycles. The highest BCUT2D eigenvalue weighted by Crippen LogP contribution is 2.55. The van der Waals surface area contributed by atoms with Gasteiger partial charge in [-0.05, 0) is 69.0 Å². The highest BCUT2D eigenvalue weighted by atomic mass is 16.7. The maximum atomic E-state index is 13.4. The summed E-state index contributed by atoms with van der Waals surface area (Å²) in [5.41, 5.74) is 1.91. The predicted octanol–water partition coefficient (Wildman–Crippen LogP) is 2.70. The highest BCUT2D eigenvalue weighted by Gasteiger charge is 2.58. The number of carbonyl (C=O) groups excluding carboxylic acids is 2. The number of rotatable bonds is 7. The minimum atomic E-state index is -1.07. The number of esters is 2. The van der Waals surface area contributed by atoms with Crippen LogP contribution in [0.25, 0.3) is 0 Å². The van der Waals surface area contributed by atoms with E-state index >= 15 is 0 Å². The first-order valence-corrected chi connectivity index (χ1v) is 12.2. The summed E-state index contributed by atoms with van der Waals surface area (Å²) in [5, 5.41) is 0. The van der Waals surface area contributed by atoms with Gasteiger partial charge in [-0.25, -0.2) is 4.79 Å². The van der Waals surface area contributed by atoms with Gasteiger partial charge >= 0.3 is 11.9 Å². The van der Waals surface area contributed by atoms with Gasteiger partial charge in [0.2, 0.25) is 6.79 Å². The molecule has 2 unspecified atom stereocenters. The summed E-state index contributed by atoms with van der Waals surface area (Å²) in [5.74, 6) is 0.733. The van der Waals surface area contributed by atoms with Crippen molar-refractivity contribution in [1.29, 1.82) is 0 Å². The standard InChI is InChI=1S/C26H33NO8/c1-15(2)34-20(12-22(28)31-4)25(29)35-24-21(30-3)13-26-7-5-8-27(26)9-6-16-10-18-19(33-14-32-18)11-17(16)23(24)26/h10-11,13,15,20,23-24H,5-9,12,14H2,1-4H3/t20?,23-,24?,26+/m1/s1. The Bertz CT molecular complexity index is 1040. The van der Waals surface area contributed by atoms with Gasteiger partial charge in [-0.15, -0.1) is 0 Å². The van der Waals surface area contributed by atoms with Gasteiger partial charge in [-0.1, -0.05) is 0 Å². The van der Waals surface area contributed by atoms with Crippen LogP contribution in [-0.4, -0.2) is 74.8 Å². The number of nitrogens with zero attached hydrogens (tertiary/aromatic N) is 1. The number of carbonyl (C=O) groups is 2. The van der Waals surface area contributed by atoms with Crippen LogP contribution < -0.4 is 9.47 Å². The second kappa shape index (κ2) is 9.35. The van der Waals surface area contributed by atoms with Crippen molar-refractivity contribution in [2.45, 2.75) is 69.3 Å². The van der Waals surface area contributed by atoms with Crippen LogP contribution in [-0.2, 0) is 35.0 Å². The number of ether oxygens (including phenoxy) is 6. The third kappa shape index (κ3) is 4.14. The van der Waals surface area contributed by atoms with Crippen molar-refractivity contribution in [2.24, 2.45) is 0 Å². The SMILES string of the molecule is COC(=O)CC(OC(C)C)C(=O)OC1C(OC)=C[C@]23CCCN2CCc2cc4c(cc2[C@H]13)OCO4. The Hall–Kier alpha value is -2.78. The summed E-state index contributed by atoms with van der Waals surface area (Å²) in [6.07, 6.45) is 2.76. The lowest BCUT2D eigenvalue weighted by molar-refractivity contribution is -0.171. The van der Waals surface area contributed by atoms with Crippen molar-refractivity contribution in [3.05, 3.63) is 35.1 Å². The van der Waals surface area contributed by atoms with Crippen LogP contribution in [0.4, 0.5) is 0 Å². The van der Waals surface area contributed by atoms with Gasteiger partial charge in [0.05, 0.1) is 38.2 Å². The largest absolute Gasteiger partial charge is 0.497 e. The van der Waals surface area contributed by atoms with E-state index in [0.717, 1.165) is 49.2 Å². The number of benzene rings is 1. The minimum absolute atomic E-state index is 0.186. The Kier molecular flexibility index (Phi) is 6.40. The summed E-state index contributed by atoms with van der Waals surface area (Å²) >= 11 is 0. The molecule has 0 amide bonds. The molecule has 5 rings (SSSR count). The fourth-order valence-electron chi connectivity index (χ4n) is 6.05. The van der Waals surface area contributed by atoms with E-state index < -0.39 is 24.1 Å². The molecule has 3 heterocycles. The van der Waals surface area contributed by atoms with Gasteiger partial charge in [0.1, 0.15) is 5.76 Å². The zero-order chi connectivity index (χ0) is 24.7. The lowest BCUT2D eigenvalue weighted by atomic mass is 9.77. The second-order valence-electron chi connectivity index (χ2n) is 9.78. The molecule has 0 N–H and O–H groups in total. The van der Waals surface area contributed by atoms with Crippen molar-refractivity contribution in [3.63, 3.8) is 0 Å². The number of fused-ring (bicyclic) bond motifs is 3. The topological polar surface area (TPSA) is 92.8 Å². The molecule has 35 heavy (non-hydrogen) atoms. The maximum Gasteiger partial charge on any atom is 0.336 e. The van der Waals surface area contributed by atoms with Gasteiger partial charge in [0, 0.05) is 6.54 Å². The molecule has 1 aliphatic carbocycles. The van der Waals surface area contributed by atoms with Crippen LogP contribution in [0.15, 0.2) is 24.0 Å². The molecule has 9 heteroatoms. The quantitative estimate of drug-likeness (QED) is 0.538. The van der Waals surface area contributed by atoms with Crippen molar-refractivity contribution >= 4 is 11.9 Å². The van der Waals surface area contributed by atoms with E-state index in [1.54, 1.807) is 7.11 Å².